The maximum absolute atomic E-state index is 10.6. The highest BCUT2D eigenvalue weighted by atomic mass is 35.5. The zero-order valence-corrected chi connectivity index (χ0v) is 8.03. The monoisotopic (exact) mass is 216 g/mol. The maximum atomic E-state index is 10.6. The molecule has 0 radical (unpaired) electrons. The van der Waals surface area contributed by atoms with Crippen LogP contribution in [0, 0.1) is 10.1 Å². The highest BCUT2D eigenvalue weighted by Gasteiger charge is 2.15. The van der Waals surface area contributed by atoms with Crippen LogP contribution in [-0.2, 0) is 11.3 Å². The van der Waals surface area contributed by atoms with Crippen molar-refractivity contribution in [2.24, 2.45) is 5.90 Å². The average Bonchev–Trinajstić information content (AvgIpc) is 2.15. The van der Waals surface area contributed by atoms with Gasteiger partial charge in [-0.3, -0.25) is 10.1 Å². The van der Waals surface area contributed by atoms with E-state index in [2.05, 4.69) is 4.84 Å². The minimum atomic E-state index is -0.474. The van der Waals surface area contributed by atoms with Crippen LogP contribution in [0.15, 0.2) is 18.2 Å². The molecule has 5 nitrogen and oxygen atoms in total. The van der Waals surface area contributed by atoms with Crippen molar-refractivity contribution in [1.29, 1.82) is 0 Å². The van der Waals surface area contributed by atoms with Crippen LogP contribution in [0.25, 0.3) is 0 Å². The minimum Gasteiger partial charge on any atom is -0.304 e. The van der Waals surface area contributed by atoms with Gasteiger partial charge in [0.15, 0.2) is 0 Å². The van der Waals surface area contributed by atoms with Crippen LogP contribution in [0.5, 0.6) is 0 Å². The van der Waals surface area contributed by atoms with Crippen molar-refractivity contribution in [1.82, 2.24) is 0 Å². The second-order valence-corrected chi connectivity index (χ2v) is 3.02. The summed E-state index contributed by atoms with van der Waals surface area (Å²) in [5.41, 5.74) is 0.444. The molecular weight excluding hydrogens is 208 g/mol. The Balaban J connectivity index is 3.02. The summed E-state index contributed by atoms with van der Waals surface area (Å²) in [5, 5.41) is 11.0. The van der Waals surface area contributed by atoms with Gasteiger partial charge in [-0.1, -0.05) is 17.7 Å². The topological polar surface area (TPSA) is 78.4 Å². The van der Waals surface area contributed by atoms with E-state index in [-0.39, 0.29) is 12.3 Å². The van der Waals surface area contributed by atoms with Gasteiger partial charge in [-0.2, -0.15) is 0 Å². The van der Waals surface area contributed by atoms with Gasteiger partial charge in [-0.05, 0) is 6.07 Å². The van der Waals surface area contributed by atoms with Gasteiger partial charge < -0.3 is 4.84 Å². The molecule has 0 amide bonds. The van der Waals surface area contributed by atoms with E-state index in [0.29, 0.717) is 17.0 Å². The third kappa shape index (κ3) is 2.41. The Hall–Kier alpha value is -1.17. The van der Waals surface area contributed by atoms with Crippen LogP contribution in [0.1, 0.15) is 5.56 Å². The Morgan fingerprint density at radius 2 is 2.29 bits per heavy atom. The Bertz CT molecular complexity index is 343. The second-order valence-electron chi connectivity index (χ2n) is 2.62. The number of nitrogens with two attached hydrogens (primary N) is 1. The molecule has 0 unspecified atom stereocenters. The number of nitro groups is 1. The third-order valence-electron chi connectivity index (χ3n) is 1.76. The van der Waals surface area contributed by atoms with E-state index in [1.54, 1.807) is 6.07 Å². The number of halogens is 1. The lowest BCUT2D eigenvalue weighted by Gasteiger charge is -2.03. The summed E-state index contributed by atoms with van der Waals surface area (Å²) < 4.78 is 0. The van der Waals surface area contributed by atoms with Gasteiger partial charge in [-0.15, -0.1) is 0 Å². The van der Waals surface area contributed by atoms with E-state index in [0.717, 1.165) is 0 Å². The van der Waals surface area contributed by atoms with Crippen molar-refractivity contribution < 1.29 is 9.76 Å². The van der Waals surface area contributed by atoms with Gasteiger partial charge in [0, 0.05) is 12.5 Å². The number of hydrogen-bond acceptors (Lipinski definition) is 4. The molecule has 6 heteroatoms. The third-order valence-corrected chi connectivity index (χ3v) is 2.11. The molecule has 1 rings (SSSR count). The second kappa shape index (κ2) is 4.90. The summed E-state index contributed by atoms with van der Waals surface area (Å²) in [4.78, 5) is 14.5. The Kier molecular flexibility index (Phi) is 3.82. The molecule has 0 atom stereocenters. The standard InChI is InChI=1S/C8H9ClN2O3/c9-7-2-1-3-8(11(12)13)6(7)4-5-14-10/h1-3H,4-5,10H2. The first-order chi connectivity index (χ1) is 6.66. The molecule has 0 spiro atoms. The van der Waals surface area contributed by atoms with Gasteiger partial charge in [0.25, 0.3) is 5.69 Å². The molecule has 1 aromatic carbocycles. The first-order valence-electron chi connectivity index (χ1n) is 3.90. The van der Waals surface area contributed by atoms with Crippen LogP contribution in [0.4, 0.5) is 5.69 Å². The van der Waals surface area contributed by atoms with Gasteiger partial charge in [-0.25, -0.2) is 5.90 Å². The number of nitrogens with zero attached hydrogens (tertiary/aromatic N) is 1. The molecule has 76 valence electrons. The van der Waals surface area contributed by atoms with Crippen molar-refractivity contribution in [2.45, 2.75) is 6.42 Å². The van der Waals surface area contributed by atoms with E-state index in [1.807, 2.05) is 0 Å². The summed E-state index contributed by atoms with van der Waals surface area (Å²) >= 11 is 5.81. The van der Waals surface area contributed by atoms with E-state index < -0.39 is 4.92 Å². The lowest BCUT2D eigenvalue weighted by Crippen LogP contribution is -2.06. The van der Waals surface area contributed by atoms with Crippen LogP contribution >= 0.6 is 11.6 Å². The number of benzene rings is 1. The van der Waals surface area contributed by atoms with Gasteiger partial charge in [0.1, 0.15) is 0 Å². The normalized spacial score (nSPS) is 10.1. The molecule has 1 aromatic rings. The van der Waals surface area contributed by atoms with Gasteiger partial charge >= 0.3 is 0 Å². The summed E-state index contributed by atoms with van der Waals surface area (Å²) in [6.07, 6.45) is 0.326. The Morgan fingerprint density at radius 1 is 1.57 bits per heavy atom. The highest BCUT2D eigenvalue weighted by Crippen LogP contribution is 2.26. The fourth-order valence-corrected chi connectivity index (χ4v) is 1.39. The van der Waals surface area contributed by atoms with E-state index in [4.69, 9.17) is 17.5 Å². The summed E-state index contributed by atoms with van der Waals surface area (Å²) in [5.74, 6) is 4.84. The number of nitro benzene ring substituents is 1. The lowest BCUT2D eigenvalue weighted by molar-refractivity contribution is -0.385. The molecule has 14 heavy (non-hydrogen) atoms. The van der Waals surface area contributed by atoms with Crippen molar-refractivity contribution in [3.05, 3.63) is 38.9 Å². The smallest absolute Gasteiger partial charge is 0.274 e. The fraction of sp³-hybridized carbons (Fsp3) is 0.250. The SMILES string of the molecule is NOCCc1c(Cl)cccc1[N+](=O)[O-]. The molecule has 0 saturated carbocycles. The quantitative estimate of drug-likeness (QED) is 0.614. The molecular formula is C8H9ClN2O3. The van der Waals surface area contributed by atoms with E-state index >= 15 is 0 Å². The number of rotatable bonds is 4. The van der Waals surface area contributed by atoms with Crippen molar-refractivity contribution >= 4 is 17.3 Å². The minimum absolute atomic E-state index is 0.00505. The summed E-state index contributed by atoms with van der Waals surface area (Å²) in [6, 6.07) is 4.53. The molecule has 0 saturated heterocycles. The zero-order chi connectivity index (χ0) is 10.6. The predicted molar refractivity (Wildman–Crippen MR) is 51.9 cm³/mol. The van der Waals surface area contributed by atoms with E-state index in [9.17, 15) is 10.1 Å². The highest BCUT2D eigenvalue weighted by molar-refractivity contribution is 6.31. The predicted octanol–water partition coefficient (Wildman–Crippen LogP) is 1.68. The average molecular weight is 217 g/mol. The largest absolute Gasteiger partial charge is 0.304 e. The fourth-order valence-electron chi connectivity index (χ4n) is 1.13. The molecule has 0 aliphatic rings. The summed E-state index contributed by atoms with van der Waals surface area (Å²) in [6.45, 7) is 0.199. The van der Waals surface area contributed by atoms with Crippen molar-refractivity contribution in [3.63, 3.8) is 0 Å². The lowest BCUT2D eigenvalue weighted by atomic mass is 10.1. The Labute approximate surface area is 85.5 Å². The molecule has 0 heterocycles. The first kappa shape index (κ1) is 10.9. The van der Waals surface area contributed by atoms with E-state index in [1.165, 1.54) is 12.1 Å². The molecule has 0 bridgehead atoms. The molecule has 0 aliphatic carbocycles. The molecule has 0 fully saturated rings. The summed E-state index contributed by atoms with van der Waals surface area (Å²) in [7, 11) is 0. The van der Waals surface area contributed by atoms with Crippen molar-refractivity contribution in [2.75, 3.05) is 6.61 Å². The number of hydrogen-bond donors (Lipinski definition) is 1. The van der Waals surface area contributed by atoms with Gasteiger partial charge in [0.05, 0.1) is 22.1 Å². The maximum Gasteiger partial charge on any atom is 0.274 e. The first-order valence-corrected chi connectivity index (χ1v) is 4.28. The van der Waals surface area contributed by atoms with Crippen LogP contribution in [0.3, 0.4) is 0 Å². The van der Waals surface area contributed by atoms with Crippen molar-refractivity contribution in [3.8, 4) is 0 Å². The van der Waals surface area contributed by atoms with Crippen LogP contribution < -0.4 is 5.90 Å². The van der Waals surface area contributed by atoms with Crippen LogP contribution in [0.2, 0.25) is 5.02 Å². The van der Waals surface area contributed by atoms with Gasteiger partial charge in [0.2, 0.25) is 0 Å². The van der Waals surface area contributed by atoms with Crippen LogP contribution in [-0.4, -0.2) is 11.5 Å². The molecule has 2 N–H and O–H groups in total. The molecule has 0 aliphatic heterocycles. The zero-order valence-electron chi connectivity index (χ0n) is 7.27. The Morgan fingerprint density at radius 3 is 2.86 bits per heavy atom. The molecule has 0 aromatic heterocycles.